The van der Waals surface area contributed by atoms with E-state index < -0.39 is 11.8 Å². The molecule has 6 nitrogen and oxygen atoms in total. The Hall–Kier alpha value is -1.40. The van der Waals surface area contributed by atoms with Crippen LogP contribution >= 0.6 is 0 Å². The number of hydrogen-bond acceptors (Lipinski definition) is 4. The highest BCUT2D eigenvalue weighted by atomic mass is 16.3. The van der Waals surface area contributed by atoms with Crippen LogP contribution in [0.1, 0.15) is 0 Å². The SMILES string of the molecule is O=C(/C=C/C(=O)NCCO)NCCO. The molecule has 0 saturated heterocycles. The van der Waals surface area contributed by atoms with E-state index in [9.17, 15) is 9.59 Å². The summed E-state index contributed by atoms with van der Waals surface area (Å²) in [7, 11) is 0. The second kappa shape index (κ2) is 8.21. The summed E-state index contributed by atoms with van der Waals surface area (Å²) < 4.78 is 0. The zero-order valence-electron chi connectivity index (χ0n) is 7.69. The zero-order chi connectivity index (χ0) is 10.8. The first-order chi connectivity index (χ1) is 6.70. The highest BCUT2D eigenvalue weighted by molar-refractivity contribution is 5.96. The van der Waals surface area contributed by atoms with Crippen LogP contribution in [0.4, 0.5) is 0 Å². The summed E-state index contributed by atoms with van der Waals surface area (Å²) in [4.78, 5) is 21.7. The minimum Gasteiger partial charge on any atom is -0.395 e. The number of hydrogen-bond donors (Lipinski definition) is 4. The Labute approximate surface area is 81.6 Å². The summed E-state index contributed by atoms with van der Waals surface area (Å²) in [5, 5.41) is 21.4. The molecule has 0 aliphatic heterocycles. The number of rotatable bonds is 6. The first-order valence-corrected chi connectivity index (χ1v) is 4.16. The van der Waals surface area contributed by atoms with E-state index in [0.29, 0.717) is 0 Å². The van der Waals surface area contributed by atoms with Gasteiger partial charge >= 0.3 is 0 Å². The van der Waals surface area contributed by atoms with Crippen molar-refractivity contribution < 1.29 is 19.8 Å². The van der Waals surface area contributed by atoms with Crippen molar-refractivity contribution in [1.82, 2.24) is 10.6 Å². The summed E-state index contributed by atoms with van der Waals surface area (Å²) in [5.74, 6) is -0.892. The highest BCUT2D eigenvalue weighted by Gasteiger charge is 1.96. The van der Waals surface area contributed by atoms with Gasteiger partial charge in [-0.1, -0.05) is 0 Å². The van der Waals surface area contributed by atoms with Gasteiger partial charge in [-0.15, -0.1) is 0 Å². The quantitative estimate of drug-likeness (QED) is 0.366. The molecule has 4 N–H and O–H groups in total. The van der Waals surface area contributed by atoms with Crippen LogP contribution in [0.15, 0.2) is 12.2 Å². The van der Waals surface area contributed by atoms with Gasteiger partial charge in [-0.05, 0) is 0 Å². The molecule has 0 radical (unpaired) electrons. The van der Waals surface area contributed by atoms with Gasteiger partial charge in [-0.3, -0.25) is 9.59 Å². The summed E-state index contributed by atoms with van der Waals surface area (Å²) in [6, 6.07) is 0. The lowest BCUT2D eigenvalue weighted by Gasteiger charge is -1.98. The van der Waals surface area contributed by atoms with Crippen molar-refractivity contribution in [2.24, 2.45) is 0 Å². The molecule has 0 spiro atoms. The van der Waals surface area contributed by atoms with Crippen molar-refractivity contribution in [2.75, 3.05) is 26.3 Å². The van der Waals surface area contributed by atoms with Crippen molar-refractivity contribution in [3.8, 4) is 0 Å². The average molecular weight is 202 g/mol. The molecule has 0 aliphatic carbocycles. The predicted molar refractivity (Wildman–Crippen MR) is 49.3 cm³/mol. The Balaban J connectivity index is 3.68. The molecule has 0 rings (SSSR count). The van der Waals surface area contributed by atoms with Gasteiger partial charge in [0.05, 0.1) is 13.2 Å². The van der Waals surface area contributed by atoms with Gasteiger partial charge in [-0.25, -0.2) is 0 Å². The van der Waals surface area contributed by atoms with Gasteiger partial charge in [0.2, 0.25) is 11.8 Å². The molecule has 80 valence electrons. The number of aliphatic hydroxyl groups excluding tert-OH is 2. The van der Waals surface area contributed by atoms with Crippen molar-refractivity contribution in [3.63, 3.8) is 0 Å². The molecule has 0 aromatic rings. The maximum absolute atomic E-state index is 10.8. The van der Waals surface area contributed by atoms with Crippen LogP contribution in [-0.2, 0) is 9.59 Å². The van der Waals surface area contributed by atoms with Crippen molar-refractivity contribution in [2.45, 2.75) is 0 Å². The number of amides is 2. The van der Waals surface area contributed by atoms with Crippen molar-refractivity contribution in [1.29, 1.82) is 0 Å². The highest BCUT2D eigenvalue weighted by Crippen LogP contribution is 1.74. The van der Waals surface area contributed by atoms with Crippen LogP contribution < -0.4 is 10.6 Å². The first kappa shape index (κ1) is 12.6. The number of aliphatic hydroxyl groups is 2. The Bertz CT molecular complexity index is 193. The lowest BCUT2D eigenvalue weighted by molar-refractivity contribution is -0.118. The summed E-state index contributed by atoms with van der Waals surface area (Å²) in [6.07, 6.45) is 2.12. The van der Waals surface area contributed by atoms with Crippen molar-refractivity contribution in [3.05, 3.63) is 12.2 Å². The van der Waals surface area contributed by atoms with Gasteiger partial charge in [0.25, 0.3) is 0 Å². The fraction of sp³-hybridized carbons (Fsp3) is 0.500. The Morgan fingerprint density at radius 1 is 0.929 bits per heavy atom. The van der Waals surface area contributed by atoms with E-state index in [-0.39, 0.29) is 26.3 Å². The van der Waals surface area contributed by atoms with E-state index in [1.807, 2.05) is 0 Å². The number of carbonyl (C=O) groups is 2. The molecule has 0 unspecified atom stereocenters. The normalized spacial score (nSPS) is 10.1. The van der Waals surface area contributed by atoms with E-state index in [0.717, 1.165) is 12.2 Å². The molecule has 0 atom stereocenters. The molecule has 0 aromatic heterocycles. The number of carbonyl (C=O) groups excluding carboxylic acids is 2. The van der Waals surface area contributed by atoms with Gasteiger partial charge in [-0.2, -0.15) is 0 Å². The Morgan fingerprint density at radius 3 is 1.57 bits per heavy atom. The van der Waals surface area contributed by atoms with Crippen LogP contribution in [-0.4, -0.2) is 48.3 Å². The fourth-order valence-corrected chi connectivity index (χ4v) is 0.627. The molecule has 0 saturated carbocycles. The lowest BCUT2D eigenvalue weighted by Crippen LogP contribution is -2.27. The minimum absolute atomic E-state index is 0.143. The van der Waals surface area contributed by atoms with E-state index >= 15 is 0 Å². The molecule has 14 heavy (non-hydrogen) atoms. The second-order valence-corrected chi connectivity index (χ2v) is 2.36. The number of nitrogens with one attached hydrogen (secondary N) is 2. The summed E-state index contributed by atoms with van der Waals surface area (Å²) >= 11 is 0. The van der Waals surface area contributed by atoms with Crippen LogP contribution in [0.5, 0.6) is 0 Å². The first-order valence-electron chi connectivity index (χ1n) is 4.16. The largest absolute Gasteiger partial charge is 0.395 e. The smallest absolute Gasteiger partial charge is 0.244 e. The third kappa shape index (κ3) is 7.26. The third-order valence-corrected chi connectivity index (χ3v) is 1.21. The molecule has 0 aliphatic rings. The van der Waals surface area contributed by atoms with Crippen molar-refractivity contribution >= 4 is 11.8 Å². The third-order valence-electron chi connectivity index (χ3n) is 1.21. The van der Waals surface area contributed by atoms with E-state index in [4.69, 9.17) is 10.2 Å². The van der Waals surface area contributed by atoms with Gasteiger partial charge in [0.15, 0.2) is 0 Å². The molecular weight excluding hydrogens is 188 g/mol. The van der Waals surface area contributed by atoms with Gasteiger partial charge in [0.1, 0.15) is 0 Å². The maximum Gasteiger partial charge on any atom is 0.244 e. The van der Waals surface area contributed by atoms with E-state index in [2.05, 4.69) is 10.6 Å². The molecule has 0 bridgehead atoms. The summed E-state index contributed by atoms with van der Waals surface area (Å²) in [6.45, 7) is 0.0233. The second-order valence-electron chi connectivity index (χ2n) is 2.36. The Morgan fingerprint density at radius 2 is 1.29 bits per heavy atom. The summed E-state index contributed by atoms with van der Waals surface area (Å²) in [5.41, 5.74) is 0. The van der Waals surface area contributed by atoms with Crippen LogP contribution in [0.25, 0.3) is 0 Å². The van der Waals surface area contributed by atoms with Crippen LogP contribution in [0.2, 0.25) is 0 Å². The van der Waals surface area contributed by atoms with E-state index in [1.54, 1.807) is 0 Å². The fourth-order valence-electron chi connectivity index (χ4n) is 0.627. The molecule has 0 aromatic carbocycles. The van der Waals surface area contributed by atoms with Gasteiger partial charge in [0, 0.05) is 25.2 Å². The van der Waals surface area contributed by atoms with Crippen LogP contribution in [0, 0.1) is 0 Å². The van der Waals surface area contributed by atoms with E-state index in [1.165, 1.54) is 0 Å². The predicted octanol–water partition coefficient (Wildman–Crippen LogP) is -2.24. The maximum atomic E-state index is 10.8. The molecule has 6 heteroatoms. The lowest BCUT2D eigenvalue weighted by atomic mass is 10.4. The minimum atomic E-state index is -0.446. The molecule has 0 heterocycles. The Kier molecular flexibility index (Phi) is 7.39. The standard InChI is InChI=1S/C8H14N2O4/c11-5-3-9-7(13)1-2-8(14)10-4-6-12/h1-2,11-12H,3-6H2,(H,9,13)(H,10,14)/b2-1+. The zero-order valence-corrected chi connectivity index (χ0v) is 7.69. The molecule has 0 fully saturated rings. The molecular formula is C8H14N2O4. The van der Waals surface area contributed by atoms with Crippen LogP contribution in [0.3, 0.4) is 0 Å². The average Bonchev–Trinajstić information content (AvgIpc) is 2.20. The monoisotopic (exact) mass is 202 g/mol. The van der Waals surface area contributed by atoms with Gasteiger partial charge < -0.3 is 20.8 Å². The topological polar surface area (TPSA) is 98.7 Å². The molecule has 2 amide bonds.